The lowest BCUT2D eigenvalue weighted by atomic mass is 10.3. The van der Waals surface area contributed by atoms with Gasteiger partial charge in [0.05, 0.1) is 6.61 Å². The Bertz CT molecular complexity index is 204. The Morgan fingerprint density at radius 3 is 2.25 bits per heavy atom. The predicted molar refractivity (Wildman–Crippen MR) is 52.0 cm³/mol. The van der Waals surface area contributed by atoms with Gasteiger partial charge < -0.3 is 9.47 Å². The molecule has 0 aromatic carbocycles. The van der Waals surface area contributed by atoms with Gasteiger partial charge >= 0.3 is 12.1 Å². The van der Waals surface area contributed by atoms with Gasteiger partial charge in [0.25, 0.3) is 6.10 Å². The van der Waals surface area contributed by atoms with Crippen molar-refractivity contribution in [2.24, 2.45) is 0 Å². The lowest BCUT2D eigenvalue weighted by Crippen LogP contribution is -2.40. The summed E-state index contributed by atoms with van der Waals surface area (Å²) in [7, 11) is 0. The molecule has 0 spiro atoms. The highest BCUT2D eigenvalue weighted by molar-refractivity contribution is 5.75. The van der Waals surface area contributed by atoms with Crippen molar-refractivity contribution in [3.8, 4) is 0 Å². The van der Waals surface area contributed by atoms with Crippen molar-refractivity contribution >= 4 is 5.97 Å². The number of carbonyl (C=O) groups is 1. The topological polar surface area (TPSA) is 35.5 Å². The second-order valence-electron chi connectivity index (χ2n) is 3.31. The van der Waals surface area contributed by atoms with Crippen LogP contribution >= 0.6 is 0 Å². The average molecular weight is 242 g/mol. The number of unbranched alkanes of at least 4 members (excludes halogenated alkanes) is 1. The summed E-state index contributed by atoms with van der Waals surface area (Å²) in [5.41, 5.74) is 0. The van der Waals surface area contributed by atoms with Gasteiger partial charge in [-0.05, 0) is 12.8 Å². The molecule has 0 rings (SSSR count). The van der Waals surface area contributed by atoms with Gasteiger partial charge in [-0.1, -0.05) is 20.3 Å². The SMILES string of the molecule is CCCCOC(C(=O)OCCC)C(F)(F)F. The summed E-state index contributed by atoms with van der Waals surface area (Å²) in [5.74, 6) is -1.36. The number of esters is 1. The molecule has 0 saturated heterocycles. The van der Waals surface area contributed by atoms with E-state index in [1.807, 2.05) is 6.92 Å². The molecule has 0 fully saturated rings. The van der Waals surface area contributed by atoms with Crippen LogP contribution in [0.5, 0.6) is 0 Å². The van der Waals surface area contributed by atoms with Crippen LogP contribution in [0.2, 0.25) is 0 Å². The fraction of sp³-hybridized carbons (Fsp3) is 0.900. The number of ether oxygens (including phenoxy) is 2. The molecule has 6 heteroatoms. The van der Waals surface area contributed by atoms with E-state index in [2.05, 4.69) is 9.47 Å². The summed E-state index contributed by atoms with van der Waals surface area (Å²) in [6.07, 6.45) is -5.50. The summed E-state index contributed by atoms with van der Waals surface area (Å²) >= 11 is 0. The molecule has 0 N–H and O–H groups in total. The Kier molecular flexibility index (Phi) is 7.12. The highest BCUT2D eigenvalue weighted by Gasteiger charge is 2.47. The molecular formula is C10H17F3O3. The molecule has 0 aliphatic heterocycles. The first kappa shape index (κ1) is 15.2. The lowest BCUT2D eigenvalue weighted by molar-refractivity contribution is -0.230. The zero-order valence-electron chi connectivity index (χ0n) is 9.47. The van der Waals surface area contributed by atoms with Gasteiger partial charge in [-0.3, -0.25) is 0 Å². The van der Waals surface area contributed by atoms with Crippen LogP contribution in [0, 0.1) is 0 Å². The van der Waals surface area contributed by atoms with Gasteiger partial charge in [0, 0.05) is 6.61 Å². The van der Waals surface area contributed by atoms with Crippen LogP contribution in [0.3, 0.4) is 0 Å². The minimum Gasteiger partial charge on any atom is -0.464 e. The second kappa shape index (κ2) is 7.49. The minimum atomic E-state index is -4.71. The Morgan fingerprint density at radius 2 is 1.81 bits per heavy atom. The predicted octanol–water partition coefficient (Wildman–Crippen LogP) is 2.69. The smallest absolute Gasteiger partial charge is 0.425 e. The van der Waals surface area contributed by atoms with E-state index >= 15 is 0 Å². The number of rotatable bonds is 7. The fourth-order valence-electron chi connectivity index (χ4n) is 0.920. The summed E-state index contributed by atoms with van der Waals surface area (Å²) < 4.78 is 46.1. The van der Waals surface area contributed by atoms with E-state index in [1.165, 1.54) is 0 Å². The molecule has 3 nitrogen and oxygen atoms in total. The molecule has 0 aliphatic rings. The Labute approximate surface area is 92.9 Å². The molecule has 96 valence electrons. The average Bonchev–Trinajstić information content (AvgIpc) is 2.19. The maximum absolute atomic E-state index is 12.4. The van der Waals surface area contributed by atoms with Gasteiger partial charge in [-0.15, -0.1) is 0 Å². The summed E-state index contributed by atoms with van der Waals surface area (Å²) in [6, 6.07) is 0. The van der Waals surface area contributed by atoms with Crippen LogP contribution in [0.15, 0.2) is 0 Å². The molecule has 0 bridgehead atoms. The maximum Gasteiger partial charge on any atom is 0.425 e. The van der Waals surface area contributed by atoms with E-state index in [0.29, 0.717) is 19.3 Å². The first-order valence-corrected chi connectivity index (χ1v) is 5.28. The number of hydrogen-bond donors (Lipinski definition) is 0. The molecular weight excluding hydrogens is 225 g/mol. The zero-order valence-corrected chi connectivity index (χ0v) is 9.47. The third-order valence-corrected chi connectivity index (χ3v) is 1.74. The fourth-order valence-corrected chi connectivity index (χ4v) is 0.920. The van der Waals surface area contributed by atoms with Crippen LogP contribution in [0.25, 0.3) is 0 Å². The normalized spacial score (nSPS) is 13.6. The highest BCUT2D eigenvalue weighted by Crippen LogP contribution is 2.24. The molecule has 0 aromatic heterocycles. The summed E-state index contributed by atoms with van der Waals surface area (Å²) in [5, 5.41) is 0. The van der Waals surface area contributed by atoms with Crippen molar-refractivity contribution in [2.75, 3.05) is 13.2 Å². The Morgan fingerprint density at radius 1 is 1.19 bits per heavy atom. The first-order chi connectivity index (χ1) is 7.43. The van der Waals surface area contributed by atoms with Gasteiger partial charge in [0.2, 0.25) is 0 Å². The molecule has 1 unspecified atom stereocenters. The molecule has 0 amide bonds. The first-order valence-electron chi connectivity index (χ1n) is 5.28. The van der Waals surface area contributed by atoms with Crippen molar-refractivity contribution in [2.45, 2.75) is 45.4 Å². The number of hydrogen-bond acceptors (Lipinski definition) is 3. The van der Waals surface area contributed by atoms with Crippen molar-refractivity contribution < 1.29 is 27.4 Å². The molecule has 0 saturated carbocycles. The van der Waals surface area contributed by atoms with E-state index in [1.54, 1.807) is 6.92 Å². The quantitative estimate of drug-likeness (QED) is 0.508. The van der Waals surface area contributed by atoms with Crippen LogP contribution in [0.4, 0.5) is 13.2 Å². The largest absolute Gasteiger partial charge is 0.464 e. The minimum absolute atomic E-state index is 0.0252. The maximum atomic E-state index is 12.4. The summed E-state index contributed by atoms with van der Waals surface area (Å²) in [6.45, 7) is 3.40. The van der Waals surface area contributed by atoms with Crippen LogP contribution in [0.1, 0.15) is 33.1 Å². The standard InChI is InChI=1S/C10H17F3O3/c1-3-5-7-15-8(10(11,12)13)9(14)16-6-4-2/h8H,3-7H2,1-2H3. The van der Waals surface area contributed by atoms with Gasteiger partial charge in [0.1, 0.15) is 0 Å². The van der Waals surface area contributed by atoms with Gasteiger partial charge in [-0.2, -0.15) is 13.2 Å². The Hall–Kier alpha value is -0.780. The van der Waals surface area contributed by atoms with Gasteiger partial charge in [0.15, 0.2) is 0 Å². The monoisotopic (exact) mass is 242 g/mol. The highest BCUT2D eigenvalue weighted by atomic mass is 19.4. The number of halogens is 3. The van der Waals surface area contributed by atoms with Crippen molar-refractivity contribution in [3.63, 3.8) is 0 Å². The van der Waals surface area contributed by atoms with E-state index < -0.39 is 18.2 Å². The van der Waals surface area contributed by atoms with Crippen LogP contribution in [-0.2, 0) is 14.3 Å². The summed E-state index contributed by atoms with van der Waals surface area (Å²) in [4.78, 5) is 11.1. The number of alkyl halides is 3. The Balaban J connectivity index is 4.25. The molecule has 0 radical (unpaired) electrons. The van der Waals surface area contributed by atoms with E-state index in [-0.39, 0.29) is 13.2 Å². The molecule has 16 heavy (non-hydrogen) atoms. The van der Waals surface area contributed by atoms with E-state index in [0.717, 1.165) is 0 Å². The van der Waals surface area contributed by atoms with Crippen molar-refractivity contribution in [1.82, 2.24) is 0 Å². The number of carbonyl (C=O) groups excluding carboxylic acids is 1. The van der Waals surface area contributed by atoms with E-state index in [4.69, 9.17) is 0 Å². The van der Waals surface area contributed by atoms with Crippen LogP contribution in [-0.4, -0.2) is 31.5 Å². The molecule has 1 atom stereocenters. The van der Waals surface area contributed by atoms with Crippen molar-refractivity contribution in [3.05, 3.63) is 0 Å². The third-order valence-electron chi connectivity index (χ3n) is 1.74. The van der Waals surface area contributed by atoms with Crippen LogP contribution < -0.4 is 0 Å². The van der Waals surface area contributed by atoms with Gasteiger partial charge in [-0.25, -0.2) is 4.79 Å². The zero-order chi connectivity index (χ0) is 12.6. The second-order valence-corrected chi connectivity index (χ2v) is 3.31. The lowest BCUT2D eigenvalue weighted by Gasteiger charge is -2.19. The molecule has 0 aliphatic carbocycles. The van der Waals surface area contributed by atoms with Crippen molar-refractivity contribution in [1.29, 1.82) is 0 Å². The van der Waals surface area contributed by atoms with E-state index in [9.17, 15) is 18.0 Å². The molecule has 0 aromatic rings. The molecule has 0 heterocycles. The third kappa shape index (κ3) is 5.95.